The van der Waals surface area contributed by atoms with Gasteiger partial charge >= 0.3 is 0 Å². The standard InChI is InChI=1S/C7H14N/c1-6-3-2-4-7(8)5-6/h6-8H,2-5H2,1H3. The molecule has 1 rings (SSSR count). The summed E-state index contributed by atoms with van der Waals surface area (Å²) in [6.45, 7) is 2.25. The maximum Gasteiger partial charge on any atom is 0.0215 e. The minimum atomic E-state index is 0.263. The van der Waals surface area contributed by atoms with Crippen LogP contribution in [0.1, 0.15) is 32.6 Å². The van der Waals surface area contributed by atoms with Crippen molar-refractivity contribution in [3.63, 3.8) is 0 Å². The normalized spacial score (nSPS) is 39.8. The second-order valence-electron chi connectivity index (χ2n) is 2.97. The predicted octanol–water partition coefficient (Wildman–Crippen LogP) is 1.85. The van der Waals surface area contributed by atoms with Crippen molar-refractivity contribution < 1.29 is 0 Å². The zero-order valence-electron chi connectivity index (χ0n) is 5.48. The molecule has 1 aliphatic carbocycles. The molecule has 0 bridgehead atoms. The molecule has 1 radical (unpaired) electrons. The molecule has 2 atom stereocenters. The molecule has 1 N–H and O–H groups in total. The molecule has 1 saturated carbocycles. The fourth-order valence-corrected chi connectivity index (χ4v) is 1.43. The molecule has 8 heavy (non-hydrogen) atoms. The minimum absolute atomic E-state index is 0.263. The van der Waals surface area contributed by atoms with Crippen molar-refractivity contribution in [2.24, 2.45) is 5.92 Å². The third kappa shape index (κ3) is 1.48. The number of rotatable bonds is 0. The highest BCUT2D eigenvalue weighted by Crippen LogP contribution is 2.22. The van der Waals surface area contributed by atoms with Crippen LogP contribution < -0.4 is 5.73 Å². The van der Waals surface area contributed by atoms with Gasteiger partial charge in [0, 0.05) is 6.04 Å². The van der Waals surface area contributed by atoms with E-state index >= 15 is 0 Å². The number of hydrogen-bond acceptors (Lipinski definition) is 0. The van der Waals surface area contributed by atoms with Crippen LogP contribution in [0.5, 0.6) is 0 Å². The van der Waals surface area contributed by atoms with Crippen molar-refractivity contribution >= 4 is 0 Å². The zero-order chi connectivity index (χ0) is 5.98. The van der Waals surface area contributed by atoms with Crippen molar-refractivity contribution in [2.45, 2.75) is 38.6 Å². The molecule has 47 valence electrons. The van der Waals surface area contributed by atoms with Crippen molar-refractivity contribution in [1.29, 1.82) is 0 Å². The third-order valence-corrected chi connectivity index (χ3v) is 1.94. The molecule has 0 aliphatic heterocycles. The highest BCUT2D eigenvalue weighted by Gasteiger charge is 2.14. The van der Waals surface area contributed by atoms with Crippen LogP contribution in [-0.4, -0.2) is 6.04 Å². The fourth-order valence-electron chi connectivity index (χ4n) is 1.43. The quantitative estimate of drug-likeness (QED) is 0.456. The second-order valence-corrected chi connectivity index (χ2v) is 2.97. The highest BCUT2D eigenvalue weighted by atomic mass is 14.6. The van der Waals surface area contributed by atoms with Gasteiger partial charge in [-0.25, -0.2) is 0 Å². The van der Waals surface area contributed by atoms with Gasteiger partial charge in [0.05, 0.1) is 0 Å². The van der Waals surface area contributed by atoms with Gasteiger partial charge in [-0.2, -0.15) is 0 Å². The van der Waals surface area contributed by atoms with Crippen molar-refractivity contribution in [3.05, 3.63) is 0 Å². The first kappa shape index (κ1) is 6.09. The van der Waals surface area contributed by atoms with Crippen LogP contribution in [0.2, 0.25) is 0 Å². The summed E-state index contributed by atoms with van der Waals surface area (Å²) in [5, 5.41) is 0. The summed E-state index contributed by atoms with van der Waals surface area (Å²) >= 11 is 0. The Labute approximate surface area is 51.3 Å². The van der Waals surface area contributed by atoms with E-state index in [1.807, 2.05) is 0 Å². The lowest BCUT2D eigenvalue weighted by Crippen LogP contribution is -2.18. The summed E-state index contributed by atoms with van der Waals surface area (Å²) in [6.07, 6.45) is 4.93. The van der Waals surface area contributed by atoms with E-state index in [0.29, 0.717) is 0 Å². The van der Waals surface area contributed by atoms with E-state index < -0.39 is 0 Å². The summed E-state index contributed by atoms with van der Waals surface area (Å²) in [5.41, 5.74) is 7.40. The maximum atomic E-state index is 7.40. The van der Waals surface area contributed by atoms with Crippen LogP contribution in [0.4, 0.5) is 0 Å². The Bertz CT molecular complexity index is 62.8. The largest absolute Gasteiger partial charge is 0.255 e. The van der Waals surface area contributed by atoms with Gasteiger partial charge < -0.3 is 0 Å². The predicted molar refractivity (Wildman–Crippen MR) is 34.5 cm³/mol. The Morgan fingerprint density at radius 1 is 1.38 bits per heavy atom. The van der Waals surface area contributed by atoms with Gasteiger partial charge in [0.2, 0.25) is 0 Å². The lowest BCUT2D eigenvalue weighted by Gasteiger charge is -2.21. The minimum Gasteiger partial charge on any atom is -0.255 e. The number of hydrogen-bond donors (Lipinski definition) is 0. The monoisotopic (exact) mass is 112 g/mol. The molecule has 2 unspecified atom stereocenters. The summed E-state index contributed by atoms with van der Waals surface area (Å²) < 4.78 is 0. The van der Waals surface area contributed by atoms with Gasteiger partial charge in [0.25, 0.3) is 0 Å². The van der Waals surface area contributed by atoms with E-state index in [2.05, 4.69) is 6.92 Å². The SMILES string of the molecule is CC1CCCC([NH])C1. The van der Waals surface area contributed by atoms with E-state index in [1.165, 1.54) is 12.8 Å². The number of nitrogens with one attached hydrogen (secondary N) is 1. The van der Waals surface area contributed by atoms with E-state index in [4.69, 9.17) is 5.73 Å². The summed E-state index contributed by atoms with van der Waals surface area (Å²) in [6, 6.07) is 0.263. The summed E-state index contributed by atoms with van der Waals surface area (Å²) in [4.78, 5) is 0. The van der Waals surface area contributed by atoms with Crippen LogP contribution >= 0.6 is 0 Å². The molecular weight excluding hydrogens is 98.1 g/mol. The first-order valence-electron chi connectivity index (χ1n) is 3.50. The molecule has 0 aromatic carbocycles. The van der Waals surface area contributed by atoms with Gasteiger partial charge in [-0.3, -0.25) is 5.73 Å². The molecule has 0 aromatic heterocycles. The molecule has 0 spiro atoms. The van der Waals surface area contributed by atoms with Gasteiger partial charge in [-0.15, -0.1) is 0 Å². The Hall–Kier alpha value is -0.0400. The van der Waals surface area contributed by atoms with E-state index in [0.717, 1.165) is 18.8 Å². The molecule has 0 amide bonds. The van der Waals surface area contributed by atoms with E-state index in [1.54, 1.807) is 0 Å². The fraction of sp³-hybridized carbons (Fsp3) is 1.00. The average Bonchev–Trinajstić information content (AvgIpc) is 1.64. The maximum absolute atomic E-state index is 7.40. The molecule has 1 aliphatic rings. The third-order valence-electron chi connectivity index (χ3n) is 1.94. The van der Waals surface area contributed by atoms with Gasteiger partial charge in [0.15, 0.2) is 0 Å². The van der Waals surface area contributed by atoms with Crippen LogP contribution in [0.3, 0.4) is 0 Å². The van der Waals surface area contributed by atoms with Crippen LogP contribution in [0.25, 0.3) is 0 Å². The Kier molecular flexibility index (Phi) is 1.90. The molecule has 0 heterocycles. The summed E-state index contributed by atoms with van der Waals surface area (Å²) in [5.74, 6) is 0.825. The molecule has 1 heteroatoms. The topological polar surface area (TPSA) is 23.8 Å². The smallest absolute Gasteiger partial charge is 0.0215 e. The first-order valence-corrected chi connectivity index (χ1v) is 3.50. The highest BCUT2D eigenvalue weighted by molar-refractivity contribution is 4.71. The van der Waals surface area contributed by atoms with E-state index in [9.17, 15) is 0 Å². The second kappa shape index (κ2) is 2.49. The average molecular weight is 112 g/mol. The van der Waals surface area contributed by atoms with Crippen molar-refractivity contribution in [1.82, 2.24) is 5.73 Å². The molecule has 1 fully saturated rings. The van der Waals surface area contributed by atoms with Crippen molar-refractivity contribution in [3.8, 4) is 0 Å². The van der Waals surface area contributed by atoms with Crippen LogP contribution in [-0.2, 0) is 0 Å². The van der Waals surface area contributed by atoms with Gasteiger partial charge in [0.1, 0.15) is 0 Å². The molecule has 1 nitrogen and oxygen atoms in total. The molecular formula is C7H14N. The van der Waals surface area contributed by atoms with Crippen LogP contribution in [0, 0.1) is 5.92 Å². The van der Waals surface area contributed by atoms with Crippen LogP contribution in [0.15, 0.2) is 0 Å². The molecule has 0 saturated heterocycles. The Morgan fingerprint density at radius 2 is 2.12 bits per heavy atom. The zero-order valence-corrected chi connectivity index (χ0v) is 5.48. The summed E-state index contributed by atoms with van der Waals surface area (Å²) in [7, 11) is 0. The van der Waals surface area contributed by atoms with Gasteiger partial charge in [-0.1, -0.05) is 19.8 Å². The molecule has 0 aromatic rings. The Balaban J connectivity index is 2.23. The first-order chi connectivity index (χ1) is 3.79. The lowest BCUT2D eigenvalue weighted by molar-refractivity contribution is 0.338. The Morgan fingerprint density at radius 3 is 2.50 bits per heavy atom. The van der Waals surface area contributed by atoms with Gasteiger partial charge in [-0.05, 0) is 18.8 Å². The van der Waals surface area contributed by atoms with E-state index in [-0.39, 0.29) is 6.04 Å². The van der Waals surface area contributed by atoms with Crippen molar-refractivity contribution in [2.75, 3.05) is 0 Å². The lowest BCUT2D eigenvalue weighted by atomic mass is 9.88.